The Balaban J connectivity index is 1.75. The largest absolute Gasteiger partial charge is 0.330 e. The van der Waals surface area contributed by atoms with Gasteiger partial charge in [-0.25, -0.2) is 0 Å². The first-order valence-corrected chi connectivity index (χ1v) is 7.38. The van der Waals surface area contributed by atoms with E-state index in [-0.39, 0.29) is 0 Å². The number of hydrogen-bond donors (Lipinski definition) is 1. The van der Waals surface area contributed by atoms with E-state index in [2.05, 4.69) is 41.0 Å². The van der Waals surface area contributed by atoms with Gasteiger partial charge >= 0.3 is 0 Å². The predicted molar refractivity (Wildman–Crippen MR) is 78.0 cm³/mol. The molecule has 19 heavy (non-hydrogen) atoms. The second kappa shape index (κ2) is 7.03. The zero-order valence-electron chi connectivity index (χ0n) is 12.3. The number of nitrogens with two attached hydrogens (primary N) is 1. The first kappa shape index (κ1) is 14.5. The Labute approximate surface area is 116 Å². The lowest BCUT2D eigenvalue weighted by Gasteiger charge is -2.34. The fourth-order valence-corrected chi connectivity index (χ4v) is 2.46. The summed E-state index contributed by atoms with van der Waals surface area (Å²) in [6.45, 7) is 11.8. The van der Waals surface area contributed by atoms with Crippen molar-refractivity contribution in [3.8, 4) is 0 Å². The van der Waals surface area contributed by atoms with E-state index >= 15 is 0 Å². The maximum absolute atomic E-state index is 5.55. The highest BCUT2D eigenvalue weighted by molar-refractivity contribution is 4.99. The van der Waals surface area contributed by atoms with E-state index in [1.54, 1.807) is 0 Å². The summed E-state index contributed by atoms with van der Waals surface area (Å²) in [6, 6.07) is 2.59. The van der Waals surface area contributed by atoms with Crippen LogP contribution in [0.15, 0.2) is 12.3 Å². The molecule has 0 bridgehead atoms. The molecule has 0 radical (unpaired) electrons. The minimum atomic E-state index is 0.446. The van der Waals surface area contributed by atoms with E-state index in [9.17, 15) is 0 Å². The Hall–Kier alpha value is -0.910. The zero-order chi connectivity index (χ0) is 13.7. The lowest BCUT2D eigenvalue weighted by molar-refractivity contribution is 0.125. The second-order valence-electron chi connectivity index (χ2n) is 5.64. The molecule has 1 aromatic heterocycles. The average molecular weight is 265 g/mol. The molecule has 5 heteroatoms. The third-order valence-corrected chi connectivity index (χ3v) is 3.72. The minimum absolute atomic E-state index is 0.446. The number of rotatable bonds is 6. The number of nitrogens with zero attached hydrogens (tertiary/aromatic N) is 4. The van der Waals surface area contributed by atoms with Crippen LogP contribution in [0.3, 0.4) is 0 Å². The zero-order valence-corrected chi connectivity index (χ0v) is 12.3. The van der Waals surface area contributed by atoms with Gasteiger partial charge in [0.1, 0.15) is 0 Å². The van der Waals surface area contributed by atoms with Gasteiger partial charge in [0.05, 0.1) is 5.69 Å². The van der Waals surface area contributed by atoms with Gasteiger partial charge in [-0.3, -0.25) is 9.58 Å². The summed E-state index contributed by atoms with van der Waals surface area (Å²) in [4.78, 5) is 5.00. The molecule has 1 aliphatic heterocycles. The normalized spacial score (nSPS) is 18.3. The molecule has 1 fully saturated rings. The van der Waals surface area contributed by atoms with Gasteiger partial charge in [0.15, 0.2) is 0 Å². The Kier molecular flexibility index (Phi) is 5.36. The molecule has 1 aromatic rings. The molecule has 0 aromatic carbocycles. The molecule has 0 spiro atoms. The molecular weight excluding hydrogens is 238 g/mol. The van der Waals surface area contributed by atoms with Gasteiger partial charge in [-0.2, -0.15) is 5.10 Å². The van der Waals surface area contributed by atoms with Crippen LogP contribution in [0.25, 0.3) is 0 Å². The van der Waals surface area contributed by atoms with E-state index in [1.807, 2.05) is 4.68 Å². The van der Waals surface area contributed by atoms with Gasteiger partial charge < -0.3 is 10.6 Å². The molecule has 2 rings (SSSR count). The Morgan fingerprint density at radius 2 is 1.89 bits per heavy atom. The lowest BCUT2D eigenvalue weighted by Crippen LogP contribution is -2.46. The van der Waals surface area contributed by atoms with Crippen LogP contribution >= 0.6 is 0 Å². The van der Waals surface area contributed by atoms with Crippen molar-refractivity contribution in [2.45, 2.75) is 32.9 Å². The SMILES string of the molecule is CC(C)n1ccc(CN2CCN(CCCN)CC2)n1. The number of piperazine rings is 1. The van der Waals surface area contributed by atoms with E-state index in [0.717, 1.165) is 52.2 Å². The van der Waals surface area contributed by atoms with Crippen LogP contribution in [-0.4, -0.2) is 58.8 Å². The average Bonchev–Trinajstić information content (AvgIpc) is 2.87. The molecule has 5 nitrogen and oxygen atoms in total. The van der Waals surface area contributed by atoms with Crippen LogP contribution in [0.2, 0.25) is 0 Å². The van der Waals surface area contributed by atoms with E-state index < -0.39 is 0 Å². The van der Waals surface area contributed by atoms with Crippen LogP contribution in [0.4, 0.5) is 0 Å². The molecule has 0 amide bonds. The first-order chi connectivity index (χ1) is 9.19. The molecule has 0 saturated carbocycles. The van der Waals surface area contributed by atoms with Gasteiger partial charge in [0, 0.05) is 45.0 Å². The molecule has 0 unspecified atom stereocenters. The molecular formula is C14H27N5. The summed E-state index contributed by atoms with van der Waals surface area (Å²) in [5, 5.41) is 4.62. The fourth-order valence-electron chi connectivity index (χ4n) is 2.46. The van der Waals surface area contributed by atoms with Crippen LogP contribution in [0.5, 0.6) is 0 Å². The van der Waals surface area contributed by atoms with Crippen LogP contribution in [-0.2, 0) is 6.54 Å². The maximum atomic E-state index is 5.55. The smallest absolute Gasteiger partial charge is 0.0764 e. The summed E-state index contributed by atoms with van der Waals surface area (Å²) in [5.74, 6) is 0. The quantitative estimate of drug-likeness (QED) is 0.831. The highest BCUT2D eigenvalue weighted by Gasteiger charge is 2.17. The first-order valence-electron chi connectivity index (χ1n) is 7.38. The third-order valence-electron chi connectivity index (χ3n) is 3.72. The van der Waals surface area contributed by atoms with E-state index in [0.29, 0.717) is 6.04 Å². The van der Waals surface area contributed by atoms with Crippen LogP contribution < -0.4 is 5.73 Å². The number of aromatic nitrogens is 2. The summed E-state index contributed by atoms with van der Waals surface area (Å²) in [6.07, 6.45) is 3.19. The third kappa shape index (κ3) is 4.30. The molecule has 1 aliphatic rings. The number of hydrogen-bond acceptors (Lipinski definition) is 4. The maximum Gasteiger partial charge on any atom is 0.0764 e. The van der Waals surface area contributed by atoms with Crippen molar-refractivity contribution in [1.29, 1.82) is 0 Å². The van der Waals surface area contributed by atoms with E-state index in [1.165, 1.54) is 5.69 Å². The summed E-state index contributed by atoms with van der Waals surface area (Å²) in [7, 11) is 0. The van der Waals surface area contributed by atoms with Crippen molar-refractivity contribution in [2.75, 3.05) is 39.3 Å². The van der Waals surface area contributed by atoms with Gasteiger partial charge in [0.25, 0.3) is 0 Å². The van der Waals surface area contributed by atoms with Gasteiger partial charge in [0.2, 0.25) is 0 Å². The molecule has 1 saturated heterocycles. The van der Waals surface area contributed by atoms with Crippen molar-refractivity contribution in [3.05, 3.63) is 18.0 Å². The summed E-state index contributed by atoms with van der Waals surface area (Å²) < 4.78 is 2.03. The van der Waals surface area contributed by atoms with Crippen molar-refractivity contribution in [2.24, 2.45) is 5.73 Å². The topological polar surface area (TPSA) is 50.3 Å². The van der Waals surface area contributed by atoms with Crippen molar-refractivity contribution in [3.63, 3.8) is 0 Å². The Morgan fingerprint density at radius 1 is 1.21 bits per heavy atom. The Bertz CT molecular complexity index is 366. The highest BCUT2D eigenvalue weighted by atomic mass is 15.3. The molecule has 108 valence electrons. The van der Waals surface area contributed by atoms with Crippen molar-refractivity contribution < 1.29 is 0 Å². The standard InChI is InChI=1S/C14H27N5/c1-13(2)19-7-4-14(16-19)12-18-10-8-17(9-11-18)6-3-5-15/h4,7,13H,3,5-6,8-12,15H2,1-2H3. The summed E-state index contributed by atoms with van der Waals surface area (Å²) >= 11 is 0. The summed E-state index contributed by atoms with van der Waals surface area (Å²) in [5.41, 5.74) is 6.74. The predicted octanol–water partition coefficient (Wildman–Crippen LogP) is 0.930. The Morgan fingerprint density at radius 3 is 2.47 bits per heavy atom. The lowest BCUT2D eigenvalue weighted by atomic mass is 10.2. The highest BCUT2D eigenvalue weighted by Crippen LogP contribution is 2.09. The molecule has 2 heterocycles. The van der Waals surface area contributed by atoms with Crippen LogP contribution in [0, 0.1) is 0 Å². The monoisotopic (exact) mass is 265 g/mol. The van der Waals surface area contributed by atoms with E-state index in [4.69, 9.17) is 5.73 Å². The molecule has 2 N–H and O–H groups in total. The molecule has 0 aliphatic carbocycles. The minimum Gasteiger partial charge on any atom is -0.330 e. The second-order valence-corrected chi connectivity index (χ2v) is 5.64. The fraction of sp³-hybridized carbons (Fsp3) is 0.786. The van der Waals surface area contributed by atoms with Crippen molar-refractivity contribution in [1.82, 2.24) is 19.6 Å². The van der Waals surface area contributed by atoms with Gasteiger partial charge in [-0.15, -0.1) is 0 Å². The van der Waals surface area contributed by atoms with Crippen LogP contribution in [0.1, 0.15) is 32.0 Å². The molecule has 0 atom stereocenters. The van der Waals surface area contributed by atoms with Crippen molar-refractivity contribution >= 4 is 0 Å². The van der Waals surface area contributed by atoms with Gasteiger partial charge in [-0.1, -0.05) is 0 Å². The van der Waals surface area contributed by atoms with Gasteiger partial charge in [-0.05, 0) is 39.4 Å².